The molecular weight excluding hydrogens is 300 g/mol. The van der Waals surface area contributed by atoms with Crippen LogP contribution in [0.15, 0.2) is 43.0 Å². The van der Waals surface area contributed by atoms with E-state index in [0.717, 1.165) is 12.8 Å². The number of halogens is 1. The van der Waals surface area contributed by atoms with E-state index < -0.39 is 6.10 Å². The van der Waals surface area contributed by atoms with Gasteiger partial charge in [0.25, 0.3) is 5.91 Å². The van der Waals surface area contributed by atoms with Gasteiger partial charge in [0.1, 0.15) is 6.10 Å². The summed E-state index contributed by atoms with van der Waals surface area (Å²) >= 11 is 0. The maximum atomic E-state index is 12.4. The highest BCUT2D eigenvalue weighted by molar-refractivity contribution is 5.85. The lowest BCUT2D eigenvalue weighted by Crippen LogP contribution is -2.43. The van der Waals surface area contributed by atoms with Crippen LogP contribution in [0, 0.1) is 0 Å². The molecule has 1 atom stereocenters. The lowest BCUT2D eigenvalue weighted by Gasteiger charge is -2.25. The Balaban J connectivity index is 0.00000441. The summed E-state index contributed by atoms with van der Waals surface area (Å²) in [6.07, 6.45) is 2.92. The molecule has 2 N–H and O–H groups in total. The van der Waals surface area contributed by atoms with Crippen molar-refractivity contribution in [1.29, 1.82) is 0 Å². The van der Waals surface area contributed by atoms with E-state index in [9.17, 15) is 4.79 Å². The van der Waals surface area contributed by atoms with Crippen molar-refractivity contribution in [3.8, 4) is 0 Å². The Kier molecular flexibility index (Phi) is 11.5. The van der Waals surface area contributed by atoms with Crippen LogP contribution in [0.1, 0.15) is 18.9 Å². The molecule has 0 saturated carbocycles. The molecule has 0 aliphatic rings. The fraction of sp³-hybridized carbons (Fsp3) is 0.471. The van der Waals surface area contributed by atoms with Gasteiger partial charge in [-0.2, -0.15) is 0 Å². The monoisotopic (exact) mass is 326 g/mol. The third-order valence-electron chi connectivity index (χ3n) is 3.26. The minimum absolute atomic E-state index is 0. The fourth-order valence-electron chi connectivity index (χ4n) is 2.05. The highest BCUT2D eigenvalue weighted by Gasteiger charge is 2.20. The van der Waals surface area contributed by atoms with Gasteiger partial charge in [0, 0.05) is 19.6 Å². The van der Waals surface area contributed by atoms with Gasteiger partial charge in [0.05, 0.1) is 6.61 Å². The first-order chi connectivity index (χ1) is 10.2. The molecule has 0 aliphatic carbocycles. The zero-order chi connectivity index (χ0) is 15.5. The van der Waals surface area contributed by atoms with Gasteiger partial charge in [0.2, 0.25) is 0 Å². The number of hydrogen-bond donors (Lipinski definition) is 1. The highest BCUT2D eigenvalue weighted by Crippen LogP contribution is 2.05. The number of carbonyl (C=O) groups is 1. The van der Waals surface area contributed by atoms with Gasteiger partial charge in [0.15, 0.2) is 0 Å². The van der Waals surface area contributed by atoms with Crippen LogP contribution in [0.5, 0.6) is 0 Å². The maximum absolute atomic E-state index is 12.4. The molecule has 1 amide bonds. The van der Waals surface area contributed by atoms with Gasteiger partial charge in [-0.1, -0.05) is 36.4 Å². The molecule has 0 saturated heterocycles. The van der Waals surface area contributed by atoms with Gasteiger partial charge in [-0.25, -0.2) is 0 Å². The van der Waals surface area contributed by atoms with Gasteiger partial charge in [-0.05, 0) is 25.3 Å². The first-order valence-corrected chi connectivity index (χ1v) is 7.44. The second-order valence-electron chi connectivity index (χ2n) is 4.94. The third kappa shape index (κ3) is 7.59. The van der Waals surface area contributed by atoms with Gasteiger partial charge >= 0.3 is 0 Å². The van der Waals surface area contributed by atoms with Crippen LogP contribution >= 0.6 is 12.4 Å². The Morgan fingerprint density at radius 3 is 2.64 bits per heavy atom. The van der Waals surface area contributed by atoms with Crippen LogP contribution < -0.4 is 5.73 Å². The van der Waals surface area contributed by atoms with Crippen molar-refractivity contribution in [1.82, 2.24) is 4.90 Å². The average molecular weight is 327 g/mol. The predicted octanol–water partition coefficient (Wildman–Crippen LogP) is 2.42. The predicted molar refractivity (Wildman–Crippen MR) is 93.3 cm³/mol. The van der Waals surface area contributed by atoms with Crippen molar-refractivity contribution in [2.24, 2.45) is 5.73 Å². The Labute approximate surface area is 139 Å². The minimum Gasteiger partial charge on any atom is -0.368 e. The molecule has 0 heterocycles. The van der Waals surface area contributed by atoms with E-state index in [1.54, 1.807) is 17.9 Å². The first-order valence-electron chi connectivity index (χ1n) is 7.44. The Morgan fingerprint density at radius 2 is 2.05 bits per heavy atom. The Hall–Kier alpha value is -1.36. The van der Waals surface area contributed by atoms with Crippen molar-refractivity contribution < 1.29 is 9.53 Å². The summed E-state index contributed by atoms with van der Waals surface area (Å²) in [5.41, 5.74) is 6.83. The number of benzene rings is 1. The van der Waals surface area contributed by atoms with E-state index in [4.69, 9.17) is 10.5 Å². The molecule has 5 heteroatoms. The number of carbonyl (C=O) groups excluding carboxylic acids is 1. The smallest absolute Gasteiger partial charge is 0.251 e. The van der Waals surface area contributed by atoms with Crippen molar-refractivity contribution in [3.63, 3.8) is 0 Å². The number of rotatable bonds is 10. The van der Waals surface area contributed by atoms with E-state index in [0.29, 0.717) is 26.2 Å². The number of amides is 1. The van der Waals surface area contributed by atoms with Gasteiger partial charge in [-0.15, -0.1) is 19.0 Å². The molecule has 0 fully saturated rings. The molecule has 1 aromatic carbocycles. The second kappa shape index (κ2) is 12.2. The summed E-state index contributed by atoms with van der Waals surface area (Å²) in [5, 5.41) is 0. The second-order valence-corrected chi connectivity index (χ2v) is 4.94. The van der Waals surface area contributed by atoms with Gasteiger partial charge in [-0.3, -0.25) is 4.79 Å². The van der Waals surface area contributed by atoms with Crippen LogP contribution in [0.25, 0.3) is 0 Å². The molecule has 0 aliphatic heterocycles. The third-order valence-corrected chi connectivity index (χ3v) is 3.26. The lowest BCUT2D eigenvalue weighted by atomic mass is 10.1. The summed E-state index contributed by atoms with van der Waals surface area (Å²) in [6.45, 7) is 7.62. The molecule has 1 rings (SSSR count). The van der Waals surface area contributed by atoms with E-state index >= 15 is 0 Å². The van der Waals surface area contributed by atoms with Crippen LogP contribution in [0.4, 0.5) is 0 Å². The van der Waals surface area contributed by atoms with E-state index in [1.165, 1.54) is 5.56 Å². The topological polar surface area (TPSA) is 55.6 Å². The van der Waals surface area contributed by atoms with Crippen LogP contribution in [-0.4, -0.2) is 43.2 Å². The quantitative estimate of drug-likeness (QED) is 0.530. The van der Waals surface area contributed by atoms with Crippen LogP contribution in [0.2, 0.25) is 0 Å². The number of ether oxygens (including phenoxy) is 1. The molecular formula is C17H27ClN2O2. The Morgan fingerprint density at radius 1 is 1.36 bits per heavy atom. The standard InChI is InChI=1S/C17H26N2O2.ClH/c1-3-4-14-21-15(2)17(20)19(13-11-18)12-10-16-8-6-5-7-9-16;/h3,5-9,15H,1,4,10-14,18H2,2H3;1H. The Bertz CT molecular complexity index is 426. The van der Waals surface area contributed by atoms with Crippen molar-refractivity contribution >= 4 is 18.3 Å². The van der Waals surface area contributed by atoms with Crippen LogP contribution in [-0.2, 0) is 16.0 Å². The number of nitrogens with zero attached hydrogens (tertiary/aromatic N) is 1. The summed E-state index contributed by atoms with van der Waals surface area (Å²) in [6, 6.07) is 10.1. The molecule has 4 nitrogen and oxygen atoms in total. The van der Waals surface area contributed by atoms with E-state index in [-0.39, 0.29) is 18.3 Å². The summed E-state index contributed by atoms with van der Waals surface area (Å²) in [7, 11) is 0. The highest BCUT2D eigenvalue weighted by atomic mass is 35.5. The molecule has 22 heavy (non-hydrogen) atoms. The molecule has 1 aromatic rings. The van der Waals surface area contributed by atoms with E-state index in [1.807, 2.05) is 18.2 Å². The molecule has 0 spiro atoms. The van der Waals surface area contributed by atoms with E-state index in [2.05, 4.69) is 18.7 Å². The number of nitrogens with two attached hydrogens (primary N) is 1. The average Bonchev–Trinajstić information content (AvgIpc) is 2.52. The van der Waals surface area contributed by atoms with Gasteiger partial charge < -0.3 is 15.4 Å². The molecule has 1 unspecified atom stereocenters. The maximum Gasteiger partial charge on any atom is 0.251 e. The van der Waals surface area contributed by atoms with Crippen molar-refractivity contribution in [2.45, 2.75) is 25.9 Å². The van der Waals surface area contributed by atoms with Crippen LogP contribution in [0.3, 0.4) is 0 Å². The molecule has 0 aromatic heterocycles. The SMILES string of the molecule is C=CCCOC(C)C(=O)N(CCN)CCc1ccccc1.Cl. The minimum atomic E-state index is -0.438. The largest absolute Gasteiger partial charge is 0.368 e. The molecule has 0 bridgehead atoms. The molecule has 0 radical (unpaired) electrons. The first kappa shape index (κ1) is 20.6. The summed E-state index contributed by atoms with van der Waals surface area (Å²) < 4.78 is 5.52. The zero-order valence-corrected chi connectivity index (χ0v) is 14.1. The fourth-order valence-corrected chi connectivity index (χ4v) is 2.05. The zero-order valence-electron chi connectivity index (χ0n) is 13.2. The normalized spacial score (nSPS) is 11.4. The van der Waals surface area contributed by atoms with Crippen molar-refractivity contribution in [3.05, 3.63) is 48.6 Å². The summed E-state index contributed by atoms with van der Waals surface area (Å²) in [4.78, 5) is 14.2. The molecule has 124 valence electrons. The lowest BCUT2D eigenvalue weighted by molar-refractivity contribution is -0.142. The number of hydrogen-bond acceptors (Lipinski definition) is 3. The van der Waals surface area contributed by atoms with Crippen molar-refractivity contribution in [2.75, 3.05) is 26.2 Å². The summed E-state index contributed by atoms with van der Waals surface area (Å²) in [5.74, 6) is 0.000411.